The summed E-state index contributed by atoms with van der Waals surface area (Å²) in [5.41, 5.74) is 0.0233. The second-order valence-corrected chi connectivity index (χ2v) is 11.6. The van der Waals surface area contributed by atoms with Gasteiger partial charge in [0.25, 0.3) is 0 Å². The van der Waals surface area contributed by atoms with E-state index in [4.69, 9.17) is 9.15 Å². The number of rotatable bonds is 9. The molecule has 11 nitrogen and oxygen atoms in total. The fraction of sp³-hybridized carbons (Fsp3) is 0.259. The van der Waals surface area contributed by atoms with Gasteiger partial charge in [-0.05, 0) is 57.2 Å². The summed E-state index contributed by atoms with van der Waals surface area (Å²) in [6.07, 6.45) is 1.83. The highest BCUT2D eigenvalue weighted by atomic mass is 32.2. The molecule has 0 unspecified atom stereocenters. The molecule has 0 spiro atoms. The third-order valence-electron chi connectivity index (χ3n) is 5.40. The zero-order valence-corrected chi connectivity index (χ0v) is 22.5. The number of aliphatic carboxylic acids is 1. The molecule has 4 rings (SSSR count). The van der Waals surface area contributed by atoms with Crippen molar-refractivity contribution in [3.8, 4) is 0 Å². The number of ether oxygens (including phenoxy) is 1. The summed E-state index contributed by atoms with van der Waals surface area (Å²) in [6, 6.07) is 16.7. The fourth-order valence-corrected chi connectivity index (χ4v) is 5.08. The Kier molecular flexibility index (Phi) is 7.98. The van der Waals surface area contributed by atoms with Crippen molar-refractivity contribution in [3.63, 3.8) is 0 Å². The van der Waals surface area contributed by atoms with Gasteiger partial charge in [0.2, 0.25) is 10.0 Å². The Morgan fingerprint density at radius 1 is 1.03 bits per heavy atom. The molecule has 0 aliphatic carbocycles. The van der Waals surface area contributed by atoms with Crippen LogP contribution in [0.4, 0.5) is 10.6 Å². The highest BCUT2D eigenvalue weighted by Crippen LogP contribution is 2.25. The Labute approximate surface area is 225 Å². The smallest absolute Gasteiger partial charge is 0.416 e. The van der Waals surface area contributed by atoms with Gasteiger partial charge >= 0.3 is 12.1 Å². The summed E-state index contributed by atoms with van der Waals surface area (Å²) in [7, 11) is -4.06. The Morgan fingerprint density at radius 2 is 1.79 bits per heavy atom. The number of carbonyl (C=O) groups excluding carboxylic acids is 1. The van der Waals surface area contributed by atoms with Crippen LogP contribution in [0.5, 0.6) is 0 Å². The van der Waals surface area contributed by atoms with E-state index in [9.17, 15) is 23.1 Å². The molecule has 3 aromatic heterocycles. The number of aromatic nitrogens is 2. The maximum absolute atomic E-state index is 13.6. The van der Waals surface area contributed by atoms with Crippen molar-refractivity contribution in [2.24, 2.45) is 0 Å². The van der Waals surface area contributed by atoms with Gasteiger partial charge in [0.15, 0.2) is 0 Å². The molecule has 39 heavy (non-hydrogen) atoms. The predicted molar refractivity (Wildman–Crippen MR) is 142 cm³/mol. The van der Waals surface area contributed by atoms with E-state index < -0.39 is 34.2 Å². The Morgan fingerprint density at radius 3 is 2.46 bits per heavy atom. The molecular formula is C27H28N4O7S. The van der Waals surface area contributed by atoms with E-state index >= 15 is 0 Å². The number of carboxylic acid groups (broad SMARTS) is 1. The SMILES string of the molecule is CC(C)(C)OC(=O)N(CC(=O)O)c1cccc(CN(Cc2cc3ccccc3o2)S(=O)(=O)c2cccnc2)n1. The Bertz CT molecular complexity index is 1550. The number of para-hydroxylation sites is 1. The van der Waals surface area contributed by atoms with Crippen molar-refractivity contribution in [1.82, 2.24) is 14.3 Å². The monoisotopic (exact) mass is 552 g/mol. The predicted octanol–water partition coefficient (Wildman–Crippen LogP) is 4.44. The summed E-state index contributed by atoms with van der Waals surface area (Å²) in [6.45, 7) is 3.98. The van der Waals surface area contributed by atoms with Gasteiger partial charge in [-0.1, -0.05) is 24.3 Å². The molecule has 0 atom stereocenters. The molecular weight excluding hydrogens is 524 g/mol. The standard InChI is InChI=1S/C27H28N4O7S/c1-27(2,3)38-26(34)31(18-25(32)33)24-12-6-9-20(29-24)16-30(39(35,36)22-10-7-13-28-15-22)17-21-14-19-8-4-5-11-23(19)37-21/h4-15H,16-18H2,1-3H3,(H,32,33). The number of benzene rings is 1. The zero-order chi connectivity index (χ0) is 28.2. The zero-order valence-electron chi connectivity index (χ0n) is 21.6. The Hall–Kier alpha value is -4.29. The number of anilines is 1. The van der Waals surface area contributed by atoms with E-state index in [1.165, 1.54) is 34.9 Å². The largest absolute Gasteiger partial charge is 0.480 e. The fourth-order valence-electron chi connectivity index (χ4n) is 3.74. The van der Waals surface area contributed by atoms with Gasteiger partial charge in [-0.15, -0.1) is 0 Å². The molecule has 0 bridgehead atoms. The van der Waals surface area contributed by atoms with Crippen LogP contribution in [0.2, 0.25) is 0 Å². The van der Waals surface area contributed by atoms with Crippen molar-refractivity contribution in [2.45, 2.75) is 44.4 Å². The summed E-state index contributed by atoms with van der Waals surface area (Å²) < 4.78 is 39.7. The molecule has 1 amide bonds. The van der Waals surface area contributed by atoms with Crippen LogP contribution in [-0.4, -0.2) is 52.0 Å². The van der Waals surface area contributed by atoms with E-state index in [0.29, 0.717) is 11.3 Å². The number of carbonyl (C=O) groups is 2. The second kappa shape index (κ2) is 11.2. The average molecular weight is 553 g/mol. The molecule has 0 saturated heterocycles. The van der Waals surface area contributed by atoms with Crippen molar-refractivity contribution >= 4 is 38.9 Å². The maximum atomic E-state index is 13.6. The minimum absolute atomic E-state index is 0.00612. The first kappa shape index (κ1) is 27.7. The quantitative estimate of drug-likeness (QED) is 0.319. The lowest BCUT2D eigenvalue weighted by Crippen LogP contribution is -2.40. The molecule has 1 aromatic carbocycles. The topological polar surface area (TPSA) is 143 Å². The molecule has 0 fully saturated rings. The first-order chi connectivity index (χ1) is 18.4. The third-order valence-corrected chi connectivity index (χ3v) is 7.17. The number of furan rings is 1. The van der Waals surface area contributed by atoms with Crippen molar-refractivity contribution in [3.05, 3.63) is 84.5 Å². The number of sulfonamides is 1. The van der Waals surface area contributed by atoms with Crippen LogP contribution in [0, 0.1) is 0 Å². The minimum Gasteiger partial charge on any atom is -0.480 e. The van der Waals surface area contributed by atoms with Crippen LogP contribution in [0.25, 0.3) is 11.0 Å². The van der Waals surface area contributed by atoms with E-state index in [0.717, 1.165) is 10.3 Å². The number of hydrogen-bond acceptors (Lipinski definition) is 8. The van der Waals surface area contributed by atoms with Gasteiger partial charge in [-0.3, -0.25) is 14.7 Å². The van der Waals surface area contributed by atoms with Crippen LogP contribution in [-0.2, 0) is 32.6 Å². The summed E-state index contributed by atoms with van der Waals surface area (Å²) in [4.78, 5) is 33.5. The molecule has 3 heterocycles. The van der Waals surface area contributed by atoms with E-state index in [2.05, 4.69) is 9.97 Å². The van der Waals surface area contributed by atoms with Gasteiger partial charge in [-0.2, -0.15) is 4.31 Å². The van der Waals surface area contributed by atoms with Gasteiger partial charge in [-0.25, -0.2) is 18.2 Å². The molecule has 0 radical (unpaired) electrons. The number of nitrogens with zero attached hydrogens (tertiary/aromatic N) is 4. The van der Waals surface area contributed by atoms with Gasteiger partial charge in [0, 0.05) is 17.8 Å². The van der Waals surface area contributed by atoms with Crippen LogP contribution < -0.4 is 4.90 Å². The lowest BCUT2D eigenvalue weighted by Gasteiger charge is -2.26. The number of amides is 1. The van der Waals surface area contributed by atoms with Crippen LogP contribution in [0.1, 0.15) is 32.2 Å². The highest BCUT2D eigenvalue weighted by molar-refractivity contribution is 7.89. The highest BCUT2D eigenvalue weighted by Gasteiger charge is 2.29. The first-order valence-corrected chi connectivity index (χ1v) is 13.4. The molecule has 0 aliphatic rings. The van der Waals surface area contributed by atoms with Gasteiger partial charge in [0.1, 0.15) is 34.2 Å². The van der Waals surface area contributed by atoms with Crippen LogP contribution >= 0.6 is 0 Å². The molecule has 204 valence electrons. The van der Waals surface area contributed by atoms with Crippen molar-refractivity contribution in [2.75, 3.05) is 11.4 Å². The molecule has 0 aliphatic heterocycles. The summed E-state index contributed by atoms with van der Waals surface area (Å²) >= 11 is 0. The summed E-state index contributed by atoms with van der Waals surface area (Å²) in [5.74, 6) is -0.841. The summed E-state index contributed by atoms with van der Waals surface area (Å²) in [5, 5.41) is 10.2. The molecule has 0 saturated carbocycles. The molecule has 1 N–H and O–H groups in total. The van der Waals surface area contributed by atoms with Crippen LogP contribution in [0.15, 0.2) is 82.4 Å². The van der Waals surface area contributed by atoms with E-state index in [1.54, 1.807) is 45.0 Å². The number of carboxylic acids is 1. The Balaban J connectivity index is 1.69. The van der Waals surface area contributed by atoms with E-state index in [-0.39, 0.29) is 29.5 Å². The van der Waals surface area contributed by atoms with E-state index in [1.807, 2.05) is 18.2 Å². The average Bonchev–Trinajstić information content (AvgIpc) is 3.29. The van der Waals surface area contributed by atoms with Crippen LogP contribution in [0.3, 0.4) is 0 Å². The molecule has 12 heteroatoms. The third kappa shape index (κ3) is 6.98. The number of fused-ring (bicyclic) bond motifs is 1. The van der Waals surface area contributed by atoms with Crippen molar-refractivity contribution < 1.29 is 32.3 Å². The van der Waals surface area contributed by atoms with Gasteiger partial charge < -0.3 is 14.3 Å². The lowest BCUT2D eigenvalue weighted by molar-refractivity contribution is -0.135. The minimum atomic E-state index is -4.06. The van der Waals surface area contributed by atoms with Crippen molar-refractivity contribution in [1.29, 1.82) is 0 Å². The van der Waals surface area contributed by atoms with Gasteiger partial charge in [0.05, 0.1) is 18.8 Å². The number of pyridine rings is 2. The number of hydrogen-bond donors (Lipinski definition) is 1. The normalized spacial score (nSPS) is 12.0. The maximum Gasteiger partial charge on any atom is 0.416 e. The first-order valence-electron chi connectivity index (χ1n) is 12.0. The molecule has 4 aromatic rings. The lowest BCUT2D eigenvalue weighted by atomic mass is 10.2. The second-order valence-electron chi connectivity index (χ2n) is 9.66.